The van der Waals surface area contributed by atoms with E-state index in [-0.39, 0.29) is 11.5 Å². The van der Waals surface area contributed by atoms with E-state index in [9.17, 15) is 4.79 Å². The number of pyridine rings is 1. The van der Waals surface area contributed by atoms with Gasteiger partial charge >= 0.3 is 5.97 Å². The van der Waals surface area contributed by atoms with Crippen molar-refractivity contribution in [2.24, 2.45) is 0 Å². The van der Waals surface area contributed by atoms with Crippen molar-refractivity contribution in [1.82, 2.24) is 15.1 Å². The maximum atomic E-state index is 10.8. The van der Waals surface area contributed by atoms with Gasteiger partial charge in [-0.05, 0) is 12.1 Å². The highest BCUT2D eigenvalue weighted by atomic mass is 32.2. The van der Waals surface area contributed by atoms with Gasteiger partial charge in [-0.1, -0.05) is 30.8 Å². The molecule has 19 heavy (non-hydrogen) atoms. The van der Waals surface area contributed by atoms with Gasteiger partial charge in [0.25, 0.3) is 0 Å². The zero-order valence-electron chi connectivity index (χ0n) is 10.5. The Labute approximate surface area is 114 Å². The Morgan fingerprint density at radius 1 is 1.53 bits per heavy atom. The number of carbonyl (C=O) groups is 1. The van der Waals surface area contributed by atoms with Gasteiger partial charge in [-0.3, -0.25) is 0 Å². The van der Waals surface area contributed by atoms with Crippen LogP contribution in [0.15, 0.2) is 27.9 Å². The van der Waals surface area contributed by atoms with E-state index in [0.717, 1.165) is 0 Å². The molecule has 2 rings (SSSR count). The Morgan fingerprint density at radius 3 is 2.95 bits per heavy atom. The summed E-state index contributed by atoms with van der Waals surface area (Å²) in [6, 6.07) is 2.97. The molecule has 6 nitrogen and oxygen atoms in total. The molecule has 100 valence electrons. The molecular formula is C12H13N3O3S. The number of aromatic carboxylic acids is 1. The third-order valence-corrected chi connectivity index (χ3v) is 3.24. The van der Waals surface area contributed by atoms with Gasteiger partial charge in [0.1, 0.15) is 0 Å². The van der Waals surface area contributed by atoms with Crippen molar-refractivity contribution in [3.63, 3.8) is 0 Å². The fourth-order valence-electron chi connectivity index (χ4n) is 1.32. The second-order valence-corrected chi connectivity index (χ2v) is 5.17. The number of nitrogens with zero attached hydrogens (tertiary/aromatic N) is 3. The molecule has 0 aliphatic rings. The molecule has 0 unspecified atom stereocenters. The zero-order chi connectivity index (χ0) is 13.8. The summed E-state index contributed by atoms with van der Waals surface area (Å²) >= 11 is 1.36. The fraction of sp³-hybridized carbons (Fsp3) is 0.333. The lowest BCUT2D eigenvalue weighted by Gasteiger charge is -1.99. The summed E-state index contributed by atoms with van der Waals surface area (Å²) in [5.74, 6) is 0.898. The largest absolute Gasteiger partial charge is 0.478 e. The first kappa shape index (κ1) is 13.5. The lowest BCUT2D eigenvalue weighted by Crippen LogP contribution is -1.96. The lowest BCUT2D eigenvalue weighted by atomic mass is 10.2. The Bertz CT molecular complexity index is 583. The molecule has 0 fully saturated rings. The molecule has 0 saturated carbocycles. The minimum Gasteiger partial charge on any atom is -0.478 e. The first-order valence-electron chi connectivity index (χ1n) is 5.71. The molecule has 0 bridgehead atoms. The summed E-state index contributed by atoms with van der Waals surface area (Å²) < 4.78 is 5.10. The lowest BCUT2D eigenvalue weighted by molar-refractivity contribution is 0.0696. The molecule has 0 aliphatic carbocycles. The summed E-state index contributed by atoms with van der Waals surface area (Å²) in [6.07, 6.45) is 1.47. The van der Waals surface area contributed by atoms with Crippen LogP contribution in [0, 0.1) is 0 Å². The van der Waals surface area contributed by atoms with Crippen LogP contribution in [0.3, 0.4) is 0 Å². The predicted octanol–water partition coefficient (Wildman–Crippen LogP) is 2.58. The van der Waals surface area contributed by atoms with Crippen molar-refractivity contribution in [3.8, 4) is 0 Å². The third-order valence-electron chi connectivity index (χ3n) is 2.33. The quantitative estimate of drug-likeness (QED) is 0.841. The second kappa shape index (κ2) is 5.83. The Kier molecular flexibility index (Phi) is 4.16. The van der Waals surface area contributed by atoms with E-state index >= 15 is 0 Å². The number of hydrogen-bond acceptors (Lipinski definition) is 6. The second-order valence-electron chi connectivity index (χ2n) is 4.18. The minimum absolute atomic E-state index is 0.214. The number of thioether (sulfide) groups is 1. The number of carboxylic acids is 1. The molecule has 0 spiro atoms. The molecule has 0 amide bonds. The van der Waals surface area contributed by atoms with Crippen molar-refractivity contribution in [2.75, 3.05) is 0 Å². The van der Waals surface area contributed by atoms with E-state index in [1.165, 1.54) is 30.1 Å². The average molecular weight is 279 g/mol. The first-order valence-corrected chi connectivity index (χ1v) is 6.69. The smallest absolute Gasteiger partial charge is 0.335 e. The molecule has 0 saturated heterocycles. The summed E-state index contributed by atoms with van der Waals surface area (Å²) in [5, 5.41) is 13.4. The molecule has 0 aliphatic heterocycles. The number of hydrogen-bond donors (Lipinski definition) is 1. The Hall–Kier alpha value is -1.89. The standard InChI is InChI=1S/C12H13N3O3S/c1-7(2)11-14-9(18-15-11)6-19-10-5-8(12(16)17)3-4-13-10/h3-5,7H,6H2,1-2H3,(H,16,17). The van der Waals surface area contributed by atoms with Crippen LogP contribution in [-0.2, 0) is 5.75 Å². The maximum Gasteiger partial charge on any atom is 0.335 e. The molecule has 2 aromatic heterocycles. The average Bonchev–Trinajstić information content (AvgIpc) is 2.85. The van der Waals surface area contributed by atoms with E-state index in [0.29, 0.717) is 22.5 Å². The zero-order valence-corrected chi connectivity index (χ0v) is 11.3. The summed E-state index contributed by atoms with van der Waals surface area (Å²) in [6.45, 7) is 3.97. The molecule has 7 heteroatoms. The molecule has 2 aromatic rings. The van der Waals surface area contributed by atoms with Gasteiger partial charge in [-0.25, -0.2) is 9.78 Å². The SMILES string of the molecule is CC(C)c1noc(CSc2cc(C(=O)O)ccn2)n1. The van der Waals surface area contributed by atoms with Gasteiger partial charge in [0.15, 0.2) is 5.82 Å². The van der Waals surface area contributed by atoms with Gasteiger partial charge in [-0.2, -0.15) is 4.98 Å². The van der Waals surface area contributed by atoms with Gasteiger partial charge in [0.05, 0.1) is 16.3 Å². The van der Waals surface area contributed by atoms with Crippen LogP contribution >= 0.6 is 11.8 Å². The van der Waals surface area contributed by atoms with E-state index in [1.807, 2.05) is 13.8 Å². The van der Waals surface area contributed by atoms with E-state index in [2.05, 4.69) is 15.1 Å². The van der Waals surface area contributed by atoms with E-state index in [1.54, 1.807) is 0 Å². The maximum absolute atomic E-state index is 10.8. The highest BCUT2D eigenvalue weighted by molar-refractivity contribution is 7.98. The summed E-state index contributed by atoms with van der Waals surface area (Å²) in [5.41, 5.74) is 0.214. The number of aromatic nitrogens is 3. The van der Waals surface area contributed by atoms with Crippen molar-refractivity contribution in [2.45, 2.75) is 30.5 Å². The van der Waals surface area contributed by atoms with Crippen LogP contribution < -0.4 is 0 Å². The van der Waals surface area contributed by atoms with E-state index < -0.39 is 5.97 Å². The Balaban J connectivity index is 2.01. The van der Waals surface area contributed by atoms with Crippen LogP contribution in [0.4, 0.5) is 0 Å². The fourth-order valence-corrected chi connectivity index (χ4v) is 2.05. The van der Waals surface area contributed by atoms with Crippen molar-refractivity contribution >= 4 is 17.7 Å². The summed E-state index contributed by atoms with van der Waals surface area (Å²) in [4.78, 5) is 19.2. The van der Waals surface area contributed by atoms with E-state index in [4.69, 9.17) is 9.63 Å². The van der Waals surface area contributed by atoms with Crippen LogP contribution in [0.1, 0.15) is 41.8 Å². The highest BCUT2D eigenvalue weighted by Crippen LogP contribution is 2.21. The van der Waals surface area contributed by atoms with Gasteiger partial charge in [0.2, 0.25) is 5.89 Å². The number of carboxylic acid groups (broad SMARTS) is 1. The molecule has 1 N–H and O–H groups in total. The van der Waals surface area contributed by atoms with Crippen molar-refractivity contribution < 1.29 is 14.4 Å². The van der Waals surface area contributed by atoms with Crippen molar-refractivity contribution in [1.29, 1.82) is 0 Å². The monoisotopic (exact) mass is 279 g/mol. The van der Waals surface area contributed by atoms with Crippen LogP contribution in [0.5, 0.6) is 0 Å². The molecular weight excluding hydrogens is 266 g/mol. The van der Waals surface area contributed by atoms with Gasteiger partial charge < -0.3 is 9.63 Å². The predicted molar refractivity (Wildman–Crippen MR) is 69.1 cm³/mol. The van der Waals surface area contributed by atoms with Crippen LogP contribution in [0.25, 0.3) is 0 Å². The highest BCUT2D eigenvalue weighted by Gasteiger charge is 2.11. The van der Waals surface area contributed by atoms with Gasteiger partial charge in [-0.15, -0.1) is 0 Å². The van der Waals surface area contributed by atoms with Crippen LogP contribution in [-0.4, -0.2) is 26.2 Å². The third kappa shape index (κ3) is 3.54. The van der Waals surface area contributed by atoms with Gasteiger partial charge in [0, 0.05) is 12.1 Å². The topological polar surface area (TPSA) is 89.1 Å². The Morgan fingerprint density at radius 2 is 2.32 bits per heavy atom. The molecule has 0 radical (unpaired) electrons. The van der Waals surface area contributed by atoms with Crippen molar-refractivity contribution in [3.05, 3.63) is 35.6 Å². The minimum atomic E-state index is -0.968. The molecule has 0 aromatic carbocycles. The summed E-state index contributed by atoms with van der Waals surface area (Å²) in [7, 11) is 0. The normalized spacial score (nSPS) is 10.9. The molecule has 0 atom stereocenters. The van der Waals surface area contributed by atoms with Crippen LogP contribution in [0.2, 0.25) is 0 Å². The number of rotatable bonds is 5. The molecule has 2 heterocycles. The first-order chi connectivity index (χ1) is 9.06.